The number of rotatable bonds is 22. The molecule has 1 unspecified atom stereocenters. The number of hydrogen-bond donors (Lipinski definition) is 1. The summed E-state index contributed by atoms with van der Waals surface area (Å²) in [7, 11) is 0. The number of aliphatic hydroxyl groups excluding tert-OH is 1. The van der Waals surface area contributed by atoms with Crippen LogP contribution < -0.4 is 9.47 Å². The molecule has 0 radical (unpaired) electrons. The van der Waals surface area contributed by atoms with E-state index in [0.717, 1.165) is 24.3 Å². The van der Waals surface area contributed by atoms with E-state index in [4.69, 9.17) is 9.47 Å². The fourth-order valence-electron chi connectivity index (χ4n) is 4.64. The summed E-state index contributed by atoms with van der Waals surface area (Å²) in [4.78, 5) is 0. The van der Waals surface area contributed by atoms with Gasteiger partial charge in [0.05, 0.1) is 6.61 Å². The van der Waals surface area contributed by atoms with Gasteiger partial charge in [-0.1, -0.05) is 115 Å². The fraction of sp³-hybridized carbons (Fsp3) is 0.636. The van der Waals surface area contributed by atoms with Crippen LogP contribution in [0.2, 0.25) is 0 Å². The van der Waals surface area contributed by atoms with Crippen molar-refractivity contribution in [2.24, 2.45) is 0 Å². The third kappa shape index (κ3) is 13.9. The summed E-state index contributed by atoms with van der Waals surface area (Å²) in [6, 6.07) is 16.7. The van der Waals surface area contributed by atoms with Gasteiger partial charge in [-0.15, -0.1) is 0 Å². The van der Waals surface area contributed by atoms with Gasteiger partial charge in [-0.3, -0.25) is 0 Å². The van der Waals surface area contributed by atoms with Crippen LogP contribution in [0.5, 0.6) is 11.5 Å². The average Bonchev–Trinajstić information content (AvgIpc) is 2.90. The molecule has 0 spiro atoms. The summed E-state index contributed by atoms with van der Waals surface area (Å²) in [6.45, 7) is 4.79. The van der Waals surface area contributed by atoms with E-state index in [9.17, 15) is 5.11 Å². The number of hydrogen-bond acceptors (Lipinski definition) is 3. The highest BCUT2D eigenvalue weighted by molar-refractivity contribution is 5.30. The van der Waals surface area contributed by atoms with E-state index in [1.165, 1.54) is 101 Å². The quantitative estimate of drug-likeness (QED) is 0.165. The number of unbranched alkanes of at least 4 members (excludes halogenated alkanes) is 12. The van der Waals surface area contributed by atoms with Crippen molar-refractivity contribution in [1.29, 1.82) is 0 Å². The second-order valence-electron chi connectivity index (χ2n) is 10.3. The van der Waals surface area contributed by atoms with Crippen LogP contribution in [0.4, 0.5) is 0 Å². The molecule has 0 aliphatic carbocycles. The van der Waals surface area contributed by atoms with Gasteiger partial charge < -0.3 is 14.6 Å². The van der Waals surface area contributed by atoms with E-state index in [1.54, 1.807) is 0 Å². The molecule has 202 valence electrons. The summed E-state index contributed by atoms with van der Waals surface area (Å²) in [5.74, 6) is 1.66. The van der Waals surface area contributed by atoms with Crippen molar-refractivity contribution in [1.82, 2.24) is 0 Å². The first kappa shape index (κ1) is 30.2. The molecule has 2 rings (SSSR count). The smallest absolute Gasteiger partial charge is 0.155 e. The minimum Gasteiger partial charge on any atom is -0.490 e. The molecule has 1 N–H and O–H groups in total. The number of benzene rings is 2. The molecule has 3 nitrogen and oxygen atoms in total. The van der Waals surface area contributed by atoms with E-state index in [-0.39, 0.29) is 12.7 Å². The standard InChI is InChI=1S/C33H52O3/c1-3-5-7-9-11-13-15-19-29-21-17-23-31(25-29)35-28-33(27-34)36-32-24-18-22-30(26-32)20-16-14-12-10-8-6-4-2/h17-18,21-26,33-34H,3-16,19-20,27-28H2,1-2H3. The minimum absolute atomic E-state index is 0.0697. The summed E-state index contributed by atoms with van der Waals surface area (Å²) < 4.78 is 12.1. The molecule has 0 bridgehead atoms. The van der Waals surface area contributed by atoms with Gasteiger partial charge in [0.15, 0.2) is 6.10 Å². The molecule has 2 aromatic carbocycles. The van der Waals surface area contributed by atoms with E-state index < -0.39 is 0 Å². The maximum Gasteiger partial charge on any atom is 0.155 e. The molecular weight excluding hydrogens is 444 g/mol. The predicted molar refractivity (Wildman–Crippen MR) is 153 cm³/mol. The molecule has 0 fully saturated rings. The Morgan fingerprint density at radius 3 is 1.61 bits per heavy atom. The Labute approximate surface area is 221 Å². The molecule has 0 aromatic heterocycles. The molecular formula is C33H52O3. The van der Waals surface area contributed by atoms with Gasteiger partial charge in [0.1, 0.15) is 18.1 Å². The van der Waals surface area contributed by atoms with Crippen LogP contribution in [0.15, 0.2) is 48.5 Å². The highest BCUT2D eigenvalue weighted by atomic mass is 16.5. The Morgan fingerprint density at radius 1 is 0.611 bits per heavy atom. The lowest BCUT2D eigenvalue weighted by atomic mass is 10.0. The van der Waals surface area contributed by atoms with Crippen molar-refractivity contribution in [3.8, 4) is 11.5 Å². The first-order valence-electron chi connectivity index (χ1n) is 14.8. The largest absolute Gasteiger partial charge is 0.490 e. The Kier molecular flexibility index (Phi) is 16.9. The normalized spacial score (nSPS) is 12.0. The molecule has 0 saturated carbocycles. The first-order valence-corrected chi connectivity index (χ1v) is 14.8. The van der Waals surface area contributed by atoms with Crippen LogP contribution in [-0.2, 0) is 12.8 Å². The van der Waals surface area contributed by atoms with Crippen molar-refractivity contribution in [2.75, 3.05) is 13.2 Å². The summed E-state index contributed by atoms with van der Waals surface area (Å²) >= 11 is 0. The van der Waals surface area contributed by atoms with Crippen LogP contribution in [0.3, 0.4) is 0 Å². The topological polar surface area (TPSA) is 38.7 Å². The molecule has 36 heavy (non-hydrogen) atoms. The SMILES string of the molecule is CCCCCCCCCc1cccc(OCC(CO)Oc2cccc(CCCCCCCCC)c2)c1. The van der Waals surface area contributed by atoms with E-state index >= 15 is 0 Å². The van der Waals surface area contributed by atoms with Gasteiger partial charge in [-0.2, -0.15) is 0 Å². The zero-order chi connectivity index (χ0) is 25.7. The Morgan fingerprint density at radius 2 is 1.08 bits per heavy atom. The van der Waals surface area contributed by atoms with E-state index in [2.05, 4.69) is 50.2 Å². The Balaban J connectivity index is 1.70. The number of aliphatic hydroxyl groups is 1. The lowest BCUT2D eigenvalue weighted by Crippen LogP contribution is -2.28. The van der Waals surface area contributed by atoms with Crippen molar-refractivity contribution in [2.45, 2.75) is 123 Å². The van der Waals surface area contributed by atoms with Gasteiger partial charge in [0, 0.05) is 0 Å². The second-order valence-corrected chi connectivity index (χ2v) is 10.3. The van der Waals surface area contributed by atoms with Gasteiger partial charge in [0.25, 0.3) is 0 Å². The summed E-state index contributed by atoms with van der Waals surface area (Å²) in [6.07, 6.45) is 20.3. The minimum atomic E-state index is -0.384. The highest BCUT2D eigenvalue weighted by Gasteiger charge is 2.11. The molecule has 1 atom stereocenters. The molecule has 0 heterocycles. The van der Waals surface area contributed by atoms with Crippen molar-refractivity contribution >= 4 is 0 Å². The van der Waals surface area contributed by atoms with Crippen molar-refractivity contribution in [3.63, 3.8) is 0 Å². The molecule has 2 aromatic rings. The van der Waals surface area contributed by atoms with Crippen LogP contribution in [0.25, 0.3) is 0 Å². The van der Waals surface area contributed by atoms with E-state index in [0.29, 0.717) is 6.61 Å². The van der Waals surface area contributed by atoms with Crippen LogP contribution >= 0.6 is 0 Å². The first-order chi connectivity index (χ1) is 17.7. The molecule has 0 aliphatic rings. The summed E-state index contributed by atoms with van der Waals surface area (Å²) in [5.41, 5.74) is 2.62. The zero-order valence-electron chi connectivity index (χ0n) is 23.2. The molecule has 0 aliphatic heterocycles. The molecule has 0 saturated heterocycles. The van der Waals surface area contributed by atoms with Gasteiger partial charge in [0.2, 0.25) is 0 Å². The van der Waals surface area contributed by atoms with Crippen LogP contribution in [0, 0.1) is 0 Å². The van der Waals surface area contributed by atoms with Crippen LogP contribution in [0.1, 0.15) is 115 Å². The predicted octanol–water partition coefficient (Wildman–Crippen LogP) is 9.09. The maximum absolute atomic E-state index is 9.87. The van der Waals surface area contributed by atoms with E-state index in [1.807, 2.05) is 12.1 Å². The number of ether oxygens (including phenoxy) is 2. The highest BCUT2D eigenvalue weighted by Crippen LogP contribution is 2.20. The maximum atomic E-state index is 9.87. The average molecular weight is 497 g/mol. The molecule has 3 heteroatoms. The zero-order valence-corrected chi connectivity index (χ0v) is 23.2. The van der Waals surface area contributed by atoms with Crippen molar-refractivity contribution in [3.05, 3.63) is 59.7 Å². The molecule has 0 amide bonds. The van der Waals surface area contributed by atoms with Gasteiger partial charge >= 0.3 is 0 Å². The van der Waals surface area contributed by atoms with Gasteiger partial charge in [-0.25, -0.2) is 0 Å². The third-order valence-electron chi connectivity index (χ3n) is 6.88. The third-order valence-corrected chi connectivity index (χ3v) is 6.88. The van der Waals surface area contributed by atoms with Gasteiger partial charge in [-0.05, 0) is 61.1 Å². The lowest BCUT2D eigenvalue weighted by Gasteiger charge is -2.18. The summed E-state index contributed by atoms with van der Waals surface area (Å²) in [5, 5.41) is 9.87. The monoisotopic (exact) mass is 496 g/mol. The Hall–Kier alpha value is -2.00. The fourth-order valence-corrected chi connectivity index (χ4v) is 4.64. The Bertz CT molecular complexity index is 788. The van der Waals surface area contributed by atoms with Crippen molar-refractivity contribution < 1.29 is 14.6 Å². The van der Waals surface area contributed by atoms with Crippen LogP contribution in [-0.4, -0.2) is 24.4 Å². The lowest BCUT2D eigenvalue weighted by molar-refractivity contribution is 0.0717. The number of aryl methyl sites for hydroxylation is 2. The second kappa shape index (κ2) is 20.1.